The summed E-state index contributed by atoms with van der Waals surface area (Å²) in [4.78, 5) is 0. The van der Waals surface area contributed by atoms with Gasteiger partial charge in [0, 0.05) is 0 Å². The van der Waals surface area contributed by atoms with Crippen LogP contribution in [0.1, 0.15) is 18.9 Å². The molecule has 78 valence electrons. The summed E-state index contributed by atoms with van der Waals surface area (Å²) in [5.41, 5.74) is 0.416. The first-order valence-electron chi connectivity index (χ1n) is 4.32. The molecule has 0 heterocycles. The first kappa shape index (κ1) is 11.6. The van der Waals surface area contributed by atoms with Gasteiger partial charge in [0.1, 0.15) is 11.6 Å². The Bertz CT molecular complexity index is 326. The smallest absolute Gasteiger partial charge is 0.143 e. The molecule has 0 bridgehead atoms. The summed E-state index contributed by atoms with van der Waals surface area (Å²) < 4.78 is 26.0. The van der Waals surface area contributed by atoms with Crippen molar-refractivity contribution in [1.29, 1.82) is 0 Å². The molecule has 1 aromatic carbocycles. The standard InChI is InChI=1S/C10H11BrF2O/c1-6(14)2-3-7-4-5-8(12)9(11)10(7)13/h4-6,14H,2-3H2,1H3/t6-/m1/s1. The van der Waals surface area contributed by atoms with Crippen molar-refractivity contribution in [1.82, 2.24) is 0 Å². The van der Waals surface area contributed by atoms with Crippen LogP contribution in [0, 0.1) is 11.6 Å². The number of halogens is 3. The van der Waals surface area contributed by atoms with E-state index in [2.05, 4.69) is 15.9 Å². The van der Waals surface area contributed by atoms with Gasteiger partial charge in [-0.3, -0.25) is 0 Å². The molecule has 0 aliphatic rings. The number of hydrogen-bond donors (Lipinski definition) is 1. The lowest BCUT2D eigenvalue weighted by atomic mass is 10.1. The van der Waals surface area contributed by atoms with Crippen LogP contribution in [0.2, 0.25) is 0 Å². The van der Waals surface area contributed by atoms with Crippen LogP contribution >= 0.6 is 15.9 Å². The molecule has 0 unspecified atom stereocenters. The molecule has 0 saturated heterocycles. The van der Waals surface area contributed by atoms with Gasteiger partial charge in [-0.25, -0.2) is 8.78 Å². The third-order valence-corrected chi connectivity index (χ3v) is 2.67. The molecule has 1 N–H and O–H groups in total. The van der Waals surface area contributed by atoms with E-state index in [0.29, 0.717) is 18.4 Å². The highest BCUT2D eigenvalue weighted by Crippen LogP contribution is 2.23. The molecule has 0 saturated carbocycles. The first-order valence-corrected chi connectivity index (χ1v) is 5.12. The lowest BCUT2D eigenvalue weighted by Gasteiger charge is -2.06. The summed E-state index contributed by atoms with van der Waals surface area (Å²) in [6, 6.07) is 2.61. The zero-order chi connectivity index (χ0) is 10.7. The maximum absolute atomic E-state index is 13.3. The average molecular weight is 265 g/mol. The Balaban J connectivity index is 2.83. The second kappa shape index (κ2) is 4.84. The summed E-state index contributed by atoms with van der Waals surface area (Å²) in [6.07, 6.45) is 0.399. The molecule has 0 fully saturated rings. The van der Waals surface area contributed by atoms with E-state index in [0.717, 1.165) is 0 Å². The van der Waals surface area contributed by atoms with Gasteiger partial charge in [0.05, 0.1) is 10.6 Å². The lowest BCUT2D eigenvalue weighted by molar-refractivity contribution is 0.184. The van der Waals surface area contributed by atoms with Gasteiger partial charge in [-0.1, -0.05) is 6.07 Å². The minimum absolute atomic E-state index is 0.138. The first-order chi connectivity index (χ1) is 6.52. The molecule has 4 heteroatoms. The number of aliphatic hydroxyl groups is 1. The highest BCUT2D eigenvalue weighted by atomic mass is 79.9. The van der Waals surface area contributed by atoms with E-state index in [1.165, 1.54) is 12.1 Å². The van der Waals surface area contributed by atoms with Gasteiger partial charge in [-0.15, -0.1) is 0 Å². The summed E-state index contributed by atoms with van der Waals surface area (Å²) in [5.74, 6) is -1.19. The van der Waals surface area contributed by atoms with Crippen molar-refractivity contribution in [2.45, 2.75) is 25.9 Å². The molecule has 1 nitrogen and oxygen atoms in total. The SMILES string of the molecule is C[C@@H](O)CCc1ccc(F)c(Br)c1F. The number of hydrogen-bond acceptors (Lipinski definition) is 1. The Hall–Kier alpha value is -0.480. The predicted octanol–water partition coefficient (Wildman–Crippen LogP) is 3.04. The van der Waals surface area contributed by atoms with Gasteiger partial charge in [-0.2, -0.15) is 0 Å². The summed E-state index contributed by atoms with van der Waals surface area (Å²) in [5, 5.41) is 9.02. The third kappa shape index (κ3) is 2.75. The third-order valence-electron chi connectivity index (χ3n) is 1.95. The number of benzene rings is 1. The fourth-order valence-corrected chi connectivity index (χ4v) is 1.51. The van der Waals surface area contributed by atoms with Crippen LogP contribution in [0.25, 0.3) is 0 Å². The highest BCUT2D eigenvalue weighted by Gasteiger charge is 2.11. The minimum Gasteiger partial charge on any atom is -0.393 e. The molecule has 1 atom stereocenters. The zero-order valence-corrected chi connectivity index (χ0v) is 9.31. The Morgan fingerprint density at radius 2 is 2.07 bits per heavy atom. The molecule has 1 rings (SSSR count). The maximum atomic E-state index is 13.3. The fourth-order valence-electron chi connectivity index (χ4n) is 1.12. The van der Waals surface area contributed by atoms with Crippen LogP contribution in [-0.2, 0) is 6.42 Å². The second-order valence-corrected chi connectivity index (χ2v) is 4.02. The van der Waals surface area contributed by atoms with Crippen molar-refractivity contribution in [3.63, 3.8) is 0 Å². The van der Waals surface area contributed by atoms with Crippen LogP contribution < -0.4 is 0 Å². The molecule has 1 aromatic rings. The van der Waals surface area contributed by atoms with Gasteiger partial charge >= 0.3 is 0 Å². The van der Waals surface area contributed by atoms with Crippen molar-refractivity contribution < 1.29 is 13.9 Å². The molecular weight excluding hydrogens is 254 g/mol. The van der Waals surface area contributed by atoms with Crippen molar-refractivity contribution in [3.05, 3.63) is 33.8 Å². The zero-order valence-electron chi connectivity index (χ0n) is 7.73. The van der Waals surface area contributed by atoms with E-state index in [4.69, 9.17) is 5.11 Å². The van der Waals surface area contributed by atoms with Gasteiger partial charge in [0.25, 0.3) is 0 Å². The van der Waals surface area contributed by atoms with E-state index < -0.39 is 17.7 Å². The van der Waals surface area contributed by atoms with Crippen LogP contribution in [0.15, 0.2) is 16.6 Å². The Kier molecular flexibility index (Phi) is 4.01. The molecule has 0 spiro atoms. The average Bonchev–Trinajstić information content (AvgIpc) is 2.13. The summed E-state index contributed by atoms with van der Waals surface area (Å²) >= 11 is 2.82. The molecule has 0 aromatic heterocycles. The van der Waals surface area contributed by atoms with Gasteiger partial charge in [0.2, 0.25) is 0 Å². The predicted molar refractivity (Wildman–Crippen MR) is 54.1 cm³/mol. The van der Waals surface area contributed by atoms with Gasteiger partial charge < -0.3 is 5.11 Å². The van der Waals surface area contributed by atoms with Crippen LogP contribution in [-0.4, -0.2) is 11.2 Å². The number of rotatable bonds is 3. The Labute approximate surface area is 89.9 Å². The van der Waals surface area contributed by atoms with E-state index in [1.54, 1.807) is 6.92 Å². The monoisotopic (exact) mass is 264 g/mol. The lowest BCUT2D eigenvalue weighted by Crippen LogP contribution is -2.03. The maximum Gasteiger partial charge on any atom is 0.143 e. The quantitative estimate of drug-likeness (QED) is 0.833. The number of aryl methyl sites for hydroxylation is 1. The normalized spacial score (nSPS) is 12.9. The molecule has 14 heavy (non-hydrogen) atoms. The van der Waals surface area contributed by atoms with Crippen molar-refractivity contribution in [3.8, 4) is 0 Å². The molecule has 0 amide bonds. The highest BCUT2D eigenvalue weighted by molar-refractivity contribution is 9.10. The number of aliphatic hydroxyl groups excluding tert-OH is 1. The minimum atomic E-state index is -0.608. The summed E-state index contributed by atoms with van der Waals surface area (Å²) in [7, 11) is 0. The van der Waals surface area contributed by atoms with E-state index >= 15 is 0 Å². The fraction of sp³-hybridized carbons (Fsp3) is 0.400. The van der Waals surface area contributed by atoms with Crippen LogP contribution in [0.5, 0.6) is 0 Å². The van der Waals surface area contributed by atoms with E-state index in [9.17, 15) is 8.78 Å². The topological polar surface area (TPSA) is 20.2 Å². The van der Waals surface area contributed by atoms with Crippen molar-refractivity contribution in [2.75, 3.05) is 0 Å². The van der Waals surface area contributed by atoms with E-state index in [1.807, 2.05) is 0 Å². The second-order valence-electron chi connectivity index (χ2n) is 3.22. The largest absolute Gasteiger partial charge is 0.393 e. The van der Waals surface area contributed by atoms with Gasteiger partial charge in [0.15, 0.2) is 0 Å². The molecule has 0 aliphatic heterocycles. The molecular formula is C10H11BrF2O. The summed E-state index contributed by atoms with van der Waals surface area (Å²) in [6.45, 7) is 1.64. The van der Waals surface area contributed by atoms with E-state index in [-0.39, 0.29) is 4.47 Å². The Morgan fingerprint density at radius 3 is 2.64 bits per heavy atom. The van der Waals surface area contributed by atoms with Gasteiger partial charge in [-0.05, 0) is 47.3 Å². The van der Waals surface area contributed by atoms with Crippen LogP contribution in [0.3, 0.4) is 0 Å². The molecule has 0 aliphatic carbocycles. The van der Waals surface area contributed by atoms with Crippen LogP contribution in [0.4, 0.5) is 8.78 Å². The molecule has 0 radical (unpaired) electrons. The van der Waals surface area contributed by atoms with Crippen molar-refractivity contribution in [2.24, 2.45) is 0 Å². The van der Waals surface area contributed by atoms with Crippen molar-refractivity contribution >= 4 is 15.9 Å². The Morgan fingerprint density at radius 1 is 1.43 bits per heavy atom.